The van der Waals surface area contributed by atoms with Gasteiger partial charge < -0.3 is 5.11 Å². The lowest BCUT2D eigenvalue weighted by atomic mass is 9.97. The molecular weight excluding hydrogens is 461 g/mol. The van der Waals surface area contributed by atoms with E-state index in [9.17, 15) is 14.3 Å². The number of hydrogen-bond donors (Lipinski definition) is 1. The molecule has 5 rings (SSSR count). The molecule has 0 amide bonds. The van der Waals surface area contributed by atoms with Gasteiger partial charge in [-0.1, -0.05) is 30.7 Å². The summed E-state index contributed by atoms with van der Waals surface area (Å²) in [6.07, 6.45) is 3.98. The zero-order chi connectivity index (χ0) is 23.1. The molecule has 1 saturated carbocycles. The van der Waals surface area contributed by atoms with Crippen LogP contribution in [0.1, 0.15) is 41.5 Å². The SMILES string of the molecule is CCc1c(-c2ccc(F)c(-c3ccc(Cl)cc3)c2)nn(-c2nc(C(=O)O)cs2)c1CC1CC1. The second-order valence-electron chi connectivity index (χ2n) is 8.21. The van der Waals surface area contributed by atoms with Gasteiger partial charge in [0.05, 0.1) is 11.4 Å². The molecule has 1 aliphatic carbocycles. The van der Waals surface area contributed by atoms with E-state index < -0.39 is 5.97 Å². The third kappa shape index (κ3) is 4.30. The van der Waals surface area contributed by atoms with Crippen LogP contribution in [0.3, 0.4) is 0 Å². The summed E-state index contributed by atoms with van der Waals surface area (Å²) in [6.45, 7) is 2.08. The standard InChI is InChI=1S/C25H21ClFN3O2S/c1-2-18-22(11-14-3-4-14)30(25-28-21(13-33-25)24(31)32)29-23(18)16-7-10-20(27)19(12-16)15-5-8-17(26)9-6-15/h5-10,12-14H,2-4,11H2,1H3,(H,31,32). The maximum atomic E-state index is 14.7. The van der Waals surface area contributed by atoms with Crippen LogP contribution in [0.25, 0.3) is 27.5 Å². The normalized spacial score (nSPS) is 13.4. The number of carboxylic acid groups (broad SMARTS) is 1. The molecule has 1 N–H and O–H groups in total. The number of aromatic nitrogens is 3. The predicted molar refractivity (Wildman–Crippen MR) is 128 cm³/mol. The summed E-state index contributed by atoms with van der Waals surface area (Å²) in [5, 5.41) is 16.8. The minimum absolute atomic E-state index is 0.00859. The number of nitrogens with zero attached hydrogens (tertiary/aromatic N) is 3. The monoisotopic (exact) mass is 481 g/mol. The van der Waals surface area contributed by atoms with Gasteiger partial charge in [-0.25, -0.2) is 18.9 Å². The van der Waals surface area contributed by atoms with Crippen LogP contribution >= 0.6 is 22.9 Å². The van der Waals surface area contributed by atoms with E-state index in [0.717, 1.165) is 40.9 Å². The van der Waals surface area contributed by atoms with Gasteiger partial charge in [-0.15, -0.1) is 11.3 Å². The summed E-state index contributed by atoms with van der Waals surface area (Å²) in [7, 11) is 0. The maximum absolute atomic E-state index is 14.7. The first-order valence-electron chi connectivity index (χ1n) is 10.8. The molecule has 1 fully saturated rings. The van der Waals surface area contributed by atoms with E-state index in [0.29, 0.717) is 21.6 Å². The third-order valence-electron chi connectivity index (χ3n) is 5.91. The molecule has 0 atom stereocenters. The fourth-order valence-corrected chi connectivity index (χ4v) is 4.93. The van der Waals surface area contributed by atoms with Crippen LogP contribution in [-0.4, -0.2) is 25.8 Å². The van der Waals surface area contributed by atoms with Gasteiger partial charge in [0.15, 0.2) is 5.69 Å². The van der Waals surface area contributed by atoms with Gasteiger partial charge in [0, 0.05) is 27.1 Å². The lowest BCUT2D eigenvalue weighted by Gasteiger charge is -2.08. The Morgan fingerprint density at radius 2 is 1.94 bits per heavy atom. The highest BCUT2D eigenvalue weighted by Crippen LogP contribution is 2.38. The highest BCUT2D eigenvalue weighted by atomic mass is 35.5. The van der Waals surface area contributed by atoms with E-state index in [2.05, 4.69) is 11.9 Å². The van der Waals surface area contributed by atoms with Crippen molar-refractivity contribution in [3.05, 3.63) is 75.6 Å². The first-order valence-corrected chi connectivity index (χ1v) is 12.1. The van der Waals surface area contributed by atoms with E-state index in [1.165, 1.54) is 35.6 Å². The Hall–Kier alpha value is -3.03. The fourth-order valence-electron chi connectivity index (χ4n) is 4.04. The molecule has 168 valence electrons. The smallest absolute Gasteiger partial charge is 0.355 e. The first kappa shape index (κ1) is 21.8. The van der Waals surface area contributed by atoms with Gasteiger partial charge in [-0.05, 0) is 67.5 Å². The van der Waals surface area contributed by atoms with Crippen LogP contribution in [0.5, 0.6) is 0 Å². The first-order chi connectivity index (χ1) is 15.9. The van der Waals surface area contributed by atoms with Crippen LogP contribution in [0.15, 0.2) is 47.8 Å². The van der Waals surface area contributed by atoms with E-state index in [1.807, 2.05) is 6.07 Å². The minimum Gasteiger partial charge on any atom is -0.476 e. The van der Waals surface area contributed by atoms with Gasteiger partial charge in [0.1, 0.15) is 5.82 Å². The fraction of sp³-hybridized carbons (Fsp3) is 0.240. The van der Waals surface area contributed by atoms with Crippen LogP contribution in [0.4, 0.5) is 4.39 Å². The van der Waals surface area contributed by atoms with Crippen LogP contribution in [0, 0.1) is 11.7 Å². The Labute approximate surface area is 199 Å². The average Bonchev–Trinajstić information content (AvgIpc) is 3.35. The molecule has 0 aliphatic heterocycles. The lowest BCUT2D eigenvalue weighted by molar-refractivity contribution is 0.0691. The quantitative estimate of drug-likeness (QED) is 0.320. The molecular formula is C25H21ClFN3O2S. The number of carboxylic acids is 1. The summed E-state index contributed by atoms with van der Waals surface area (Å²) >= 11 is 7.26. The lowest BCUT2D eigenvalue weighted by Crippen LogP contribution is -2.05. The maximum Gasteiger partial charge on any atom is 0.355 e. The van der Waals surface area contributed by atoms with Crippen molar-refractivity contribution in [3.8, 4) is 27.5 Å². The molecule has 2 aromatic carbocycles. The Balaban J connectivity index is 1.65. The molecule has 5 nitrogen and oxygen atoms in total. The molecule has 0 unspecified atom stereocenters. The van der Waals surface area contributed by atoms with Gasteiger partial charge >= 0.3 is 5.97 Å². The second kappa shape index (κ2) is 8.72. The predicted octanol–water partition coefficient (Wildman–Crippen LogP) is 6.67. The number of rotatable bonds is 7. The van der Waals surface area contributed by atoms with E-state index in [4.69, 9.17) is 16.7 Å². The van der Waals surface area contributed by atoms with E-state index in [-0.39, 0.29) is 11.5 Å². The topological polar surface area (TPSA) is 68.0 Å². The highest BCUT2D eigenvalue weighted by molar-refractivity contribution is 7.12. The third-order valence-corrected chi connectivity index (χ3v) is 6.98. The van der Waals surface area contributed by atoms with Crippen molar-refractivity contribution in [2.24, 2.45) is 5.92 Å². The summed E-state index contributed by atoms with van der Waals surface area (Å²) in [6, 6.07) is 12.1. The molecule has 8 heteroatoms. The minimum atomic E-state index is -1.06. The van der Waals surface area contributed by atoms with Crippen molar-refractivity contribution >= 4 is 28.9 Å². The molecule has 0 spiro atoms. The van der Waals surface area contributed by atoms with Crippen molar-refractivity contribution in [2.75, 3.05) is 0 Å². The zero-order valence-electron chi connectivity index (χ0n) is 17.9. The Morgan fingerprint density at radius 3 is 2.58 bits per heavy atom. The summed E-state index contributed by atoms with van der Waals surface area (Å²) < 4.78 is 16.5. The highest BCUT2D eigenvalue weighted by Gasteiger charge is 2.28. The van der Waals surface area contributed by atoms with E-state index in [1.54, 1.807) is 35.0 Å². The molecule has 0 bridgehead atoms. The van der Waals surface area contributed by atoms with Gasteiger partial charge in [0.2, 0.25) is 5.13 Å². The van der Waals surface area contributed by atoms with Crippen molar-refractivity contribution in [1.29, 1.82) is 0 Å². The van der Waals surface area contributed by atoms with Crippen molar-refractivity contribution in [1.82, 2.24) is 14.8 Å². The molecule has 4 aromatic rings. The number of halogens is 2. The van der Waals surface area contributed by atoms with Gasteiger partial charge in [-0.3, -0.25) is 0 Å². The number of benzene rings is 2. The summed E-state index contributed by atoms with van der Waals surface area (Å²) in [5.41, 5.74) is 4.95. The number of thiazole rings is 1. The number of aromatic carboxylic acids is 1. The van der Waals surface area contributed by atoms with Crippen LogP contribution < -0.4 is 0 Å². The van der Waals surface area contributed by atoms with Crippen LogP contribution in [0.2, 0.25) is 5.02 Å². The van der Waals surface area contributed by atoms with Gasteiger partial charge in [-0.2, -0.15) is 5.10 Å². The molecule has 2 heterocycles. The van der Waals surface area contributed by atoms with E-state index >= 15 is 0 Å². The molecule has 0 saturated heterocycles. The van der Waals surface area contributed by atoms with Gasteiger partial charge in [0.25, 0.3) is 0 Å². The molecule has 0 radical (unpaired) electrons. The summed E-state index contributed by atoms with van der Waals surface area (Å²) in [4.78, 5) is 15.6. The average molecular weight is 482 g/mol. The Kier molecular flexibility index (Phi) is 5.76. The molecule has 1 aliphatic rings. The second-order valence-corrected chi connectivity index (χ2v) is 9.48. The molecule has 33 heavy (non-hydrogen) atoms. The number of carbonyl (C=O) groups is 1. The largest absolute Gasteiger partial charge is 0.476 e. The van der Waals surface area contributed by atoms with Crippen LogP contribution in [-0.2, 0) is 12.8 Å². The summed E-state index contributed by atoms with van der Waals surface area (Å²) in [5.74, 6) is -0.770. The Bertz CT molecular complexity index is 1340. The van der Waals surface area contributed by atoms with Crippen molar-refractivity contribution in [2.45, 2.75) is 32.6 Å². The van der Waals surface area contributed by atoms with Crippen molar-refractivity contribution < 1.29 is 14.3 Å². The van der Waals surface area contributed by atoms with Crippen molar-refractivity contribution in [3.63, 3.8) is 0 Å². The zero-order valence-corrected chi connectivity index (χ0v) is 19.5. The Morgan fingerprint density at radius 1 is 1.21 bits per heavy atom. The molecule has 2 aromatic heterocycles. The number of hydrogen-bond acceptors (Lipinski definition) is 4.